The van der Waals surface area contributed by atoms with E-state index in [2.05, 4.69) is 10.1 Å². The van der Waals surface area contributed by atoms with Crippen LogP contribution in [-0.4, -0.2) is 16.4 Å². The Labute approximate surface area is 52.7 Å². The molecule has 0 aliphatic rings. The van der Waals surface area contributed by atoms with Crippen LogP contribution in [0, 0.1) is 0 Å². The maximum atomic E-state index is 8.07. The molecule has 3 heteroatoms. The van der Waals surface area contributed by atoms with Crippen LogP contribution in [-0.2, 0) is 0 Å². The van der Waals surface area contributed by atoms with Crippen molar-refractivity contribution in [2.45, 2.75) is 0 Å². The number of oxime groups is 1. The molecule has 0 bridgehead atoms. The van der Waals surface area contributed by atoms with Gasteiger partial charge in [-0.2, -0.15) is 0 Å². The Morgan fingerprint density at radius 3 is 2.67 bits per heavy atom. The Morgan fingerprint density at radius 1 is 1.44 bits per heavy atom. The van der Waals surface area contributed by atoms with Gasteiger partial charge in [-0.15, -0.1) is 0 Å². The van der Waals surface area contributed by atoms with Gasteiger partial charge < -0.3 is 5.21 Å². The van der Waals surface area contributed by atoms with Crippen molar-refractivity contribution in [1.29, 1.82) is 0 Å². The molecule has 0 atom stereocenters. The van der Waals surface area contributed by atoms with E-state index in [-0.39, 0.29) is 0 Å². The van der Waals surface area contributed by atoms with Crippen LogP contribution >= 0.6 is 0 Å². The van der Waals surface area contributed by atoms with Crippen LogP contribution < -0.4 is 0 Å². The first-order valence-electron chi connectivity index (χ1n) is 2.51. The second-order valence-corrected chi connectivity index (χ2v) is 1.53. The molecular formula is C6H6N2O. The fourth-order valence-electron chi connectivity index (χ4n) is 0.516. The van der Waals surface area contributed by atoms with Crippen LogP contribution in [0.5, 0.6) is 0 Å². The topological polar surface area (TPSA) is 45.5 Å². The summed E-state index contributed by atoms with van der Waals surface area (Å²) in [6.45, 7) is 0. The predicted molar refractivity (Wildman–Crippen MR) is 33.6 cm³/mol. The van der Waals surface area contributed by atoms with Crippen molar-refractivity contribution < 1.29 is 5.21 Å². The molecule has 0 spiro atoms. The van der Waals surface area contributed by atoms with Crippen molar-refractivity contribution in [3.05, 3.63) is 30.1 Å². The Kier molecular flexibility index (Phi) is 1.80. The molecule has 0 radical (unpaired) electrons. The standard InChI is InChI=1S/C6H6N2O/c9-8-5-6-1-3-7-4-2-6/h1-5,9H/b8-5+. The Balaban J connectivity index is 2.85. The van der Waals surface area contributed by atoms with Crippen LogP contribution in [0.15, 0.2) is 29.7 Å². The molecule has 0 aliphatic heterocycles. The molecule has 1 rings (SSSR count). The SMILES string of the molecule is O/N=C/c1ccncc1. The minimum atomic E-state index is 0.840. The van der Waals surface area contributed by atoms with Crippen LogP contribution in [0.4, 0.5) is 0 Å². The molecule has 0 unspecified atom stereocenters. The van der Waals surface area contributed by atoms with E-state index in [1.165, 1.54) is 6.21 Å². The van der Waals surface area contributed by atoms with Gasteiger partial charge >= 0.3 is 0 Å². The molecule has 1 aromatic rings. The van der Waals surface area contributed by atoms with E-state index >= 15 is 0 Å². The fourth-order valence-corrected chi connectivity index (χ4v) is 0.516. The smallest absolute Gasteiger partial charge is 0.0734 e. The molecule has 46 valence electrons. The van der Waals surface area contributed by atoms with E-state index in [0.717, 1.165) is 5.56 Å². The molecule has 9 heavy (non-hydrogen) atoms. The molecule has 0 amide bonds. The first kappa shape index (κ1) is 5.75. The summed E-state index contributed by atoms with van der Waals surface area (Å²) >= 11 is 0. The number of hydrogen-bond donors (Lipinski definition) is 1. The lowest BCUT2D eigenvalue weighted by Gasteiger charge is -1.84. The highest BCUT2D eigenvalue weighted by molar-refractivity contribution is 5.78. The second-order valence-electron chi connectivity index (χ2n) is 1.53. The van der Waals surface area contributed by atoms with E-state index < -0.39 is 0 Å². The Morgan fingerprint density at radius 2 is 2.11 bits per heavy atom. The number of nitrogens with zero attached hydrogens (tertiary/aromatic N) is 2. The number of hydrogen-bond acceptors (Lipinski definition) is 3. The first-order chi connectivity index (χ1) is 4.43. The quantitative estimate of drug-likeness (QED) is 0.341. The van der Waals surface area contributed by atoms with Crippen molar-refractivity contribution in [3.8, 4) is 0 Å². The van der Waals surface area contributed by atoms with Crippen molar-refractivity contribution in [2.24, 2.45) is 5.16 Å². The van der Waals surface area contributed by atoms with Crippen molar-refractivity contribution in [3.63, 3.8) is 0 Å². The summed E-state index contributed by atoms with van der Waals surface area (Å²) in [5.74, 6) is 0. The molecule has 1 heterocycles. The van der Waals surface area contributed by atoms with E-state index in [9.17, 15) is 0 Å². The van der Waals surface area contributed by atoms with Gasteiger partial charge in [0.2, 0.25) is 0 Å². The van der Waals surface area contributed by atoms with Crippen molar-refractivity contribution >= 4 is 6.21 Å². The van der Waals surface area contributed by atoms with Gasteiger partial charge in [0.15, 0.2) is 0 Å². The van der Waals surface area contributed by atoms with Gasteiger partial charge in [-0.1, -0.05) is 5.16 Å². The molecule has 3 nitrogen and oxygen atoms in total. The summed E-state index contributed by atoms with van der Waals surface area (Å²) < 4.78 is 0. The van der Waals surface area contributed by atoms with Gasteiger partial charge in [-0.3, -0.25) is 4.98 Å². The van der Waals surface area contributed by atoms with E-state index in [0.29, 0.717) is 0 Å². The lowest BCUT2D eigenvalue weighted by molar-refractivity contribution is 0.322. The summed E-state index contributed by atoms with van der Waals surface area (Å²) in [6, 6.07) is 3.50. The molecule has 1 aromatic heterocycles. The maximum Gasteiger partial charge on any atom is 0.0734 e. The first-order valence-corrected chi connectivity index (χ1v) is 2.51. The highest BCUT2D eigenvalue weighted by atomic mass is 16.4. The van der Waals surface area contributed by atoms with Gasteiger partial charge in [-0.25, -0.2) is 0 Å². The van der Waals surface area contributed by atoms with Crippen molar-refractivity contribution in [1.82, 2.24) is 4.98 Å². The monoisotopic (exact) mass is 122 g/mol. The van der Waals surface area contributed by atoms with Crippen LogP contribution in [0.3, 0.4) is 0 Å². The lowest BCUT2D eigenvalue weighted by Crippen LogP contribution is -1.78. The van der Waals surface area contributed by atoms with Crippen LogP contribution in [0.1, 0.15) is 5.56 Å². The van der Waals surface area contributed by atoms with Crippen LogP contribution in [0.25, 0.3) is 0 Å². The minimum Gasteiger partial charge on any atom is -0.411 e. The molecule has 0 aromatic carbocycles. The predicted octanol–water partition coefficient (Wildman–Crippen LogP) is 0.890. The normalized spacial score (nSPS) is 10.2. The van der Waals surface area contributed by atoms with Gasteiger partial charge in [0.05, 0.1) is 6.21 Å². The summed E-state index contributed by atoms with van der Waals surface area (Å²) in [7, 11) is 0. The van der Waals surface area contributed by atoms with Crippen molar-refractivity contribution in [2.75, 3.05) is 0 Å². The summed E-state index contributed by atoms with van der Waals surface area (Å²) in [5, 5.41) is 10.9. The highest BCUT2D eigenvalue weighted by Gasteiger charge is 1.80. The highest BCUT2D eigenvalue weighted by Crippen LogP contribution is 1.89. The molecule has 0 fully saturated rings. The fraction of sp³-hybridized carbons (Fsp3) is 0. The third-order valence-corrected chi connectivity index (χ3v) is 0.913. The third-order valence-electron chi connectivity index (χ3n) is 0.913. The molecule has 0 aliphatic carbocycles. The average molecular weight is 122 g/mol. The number of rotatable bonds is 1. The van der Waals surface area contributed by atoms with Gasteiger partial charge in [-0.05, 0) is 17.7 Å². The van der Waals surface area contributed by atoms with E-state index in [4.69, 9.17) is 5.21 Å². The third kappa shape index (κ3) is 1.53. The molecule has 1 N–H and O–H groups in total. The minimum absolute atomic E-state index is 0.840. The zero-order chi connectivity index (χ0) is 6.53. The molecular weight excluding hydrogens is 116 g/mol. The largest absolute Gasteiger partial charge is 0.411 e. The Hall–Kier alpha value is -1.38. The van der Waals surface area contributed by atoms with E-state index in [1.54, 1.807) is 24.5 Å². The molecule has 0 saturated heterocycles. The summed E-state index contributed by atoms with van der Waals surface area (Å²) in [6.07, 6.45) is 4.62. The number of aromatic nitrogens is 1. The van der Waals surface area contributed by atoms with E-state index in [1.807, 2.05) is 0 Å². The Bertz CT molecular complexity index is 195. The maximum absolute atomic E-state index is 8.07. The van der Waals surface area contributed by atoms with Gasteiger partial charge in [0, 0.05) is 12.4 Å². The zero-order valence-corrected chi connectivity index (χ0v) is 4.73. The lowest BCUT2D eigenvalue weighted by atomic mass is 10.3. The van der Waals surface area contributed by atoms with Gasteiger partial charge in [0.1, 0.15) is 0 Å². The number of pyridine rings is 1. The summed E-state index contributed by atoms with van der Waals surface area (Å²) in [4.78, 5) is 3.78. The average Bonchev–Trinajstić information content (AvgIpc) is 1.91. The second kappa shape index (κ2) is 2.81. The molecule has 0 saturated carbocycles. The zero-order valence-electron chi connectivity index (χ0n) is 4.73. The summed E-state index contributed by atoms with van der Waals surface area (Å²) in [5.41, 5.74) is 0.840. The van der Waals surface area contributed by atoms with Crippen LogP contribution in [0.2, 0.25) is 0 Å². The van der Waals surface area contributed by atoms with Gasteiger partial charge in [0.25, 0.3) is 0 Å².